The first-order valence-electron chi connectivity index (χ1n) is 7.47. The zero-order valence-electron chi connectivity index (χ0n) is 12.7. The number of aliphatic hydroxyl groups excluding tert-OH is 1. The molecular weight excluding hydrogens is 268 g/mol. The maximum absolute atomic E-state index is 12.1. The Hall–Kier alpha value is -1.75. The first kappa shape index (κ1) is 15.6. The second-order valence-corrected chi connectivity index (χ2v) is 5.65. The molecule has 21 heavy (non-hydrogen) atoms. The zero-order chi connectivity index (χ0) is 15.2. The highest BCUT2D eigenvalue weighted by atomic mass is 16.5. The number of aliphatic hydroxyl groups is 1. The third-order valence-electron chi connectivity index (χ3n) is 3.71. The van der Waals surface area contributed by atoms with Gasteiger partial charge in [-0.25, -0.2) is 4.79 Å². The van der Waals surface area contributed by atoms with Crippen LogP contribution in [-0.2, 0) is 0 Å². The van der Waals surface area contributed by atoms with Gasteiger partial charge in [-0.05, 0) is 44.4 Å². The van der Waals surface area contributed by atoms with Crippen molar-refractivity contribution >= 4 is 6.03 Å². The quantitative estimate of drug-likeness (QED) is 0.871. The van der Waals surface area contributed by atoms with Crippen molar-refractivity contribution in [1.29, 1.82) is 0 Å². The van der Waals surface area contributed by atoms with Crippen molar-refractivity contribution in [2.75, 3.05) is 19.8 Å². The summed E-state index contributed by atoms with van der Waals surface area (Å²) in [5, 5.41) is 12.2. The van der Waals surface area contributed by atoms with Crippen molar-refractivity contribution in [3.8, 4) is 5.75 Å². The molecule has 0 saturated carbocycles. The van der Waals surface area contributed by atoms with Gasteiger partial charge in [-0.15, -0.1) is 0 Å². The van der Waals surface area contributed by atoms with Crippen LogP contribution in [0.25, 0.3) is 0 Å². The third kappa shape index (κ3) is 4.36. The topological polar surface area (TPSA) is 61.8 Å². The number of nitrogens with zero attached hydrogens (tertiary/aromatic N) is 1. The van der Waals surface area contributed by atoms with E-state index in [1.807, 2.05) is 38.1 Å². The lowest BCUT2D eigenvalue weighted by atomic mass is 10.2. The molecule has 1 aliphatic heterocycles. The number of nitrogens with one attached hydrogen (secondary N) is 1. The standard InChI is InChI=1S/C16H24N2O3/c1-12-5-3-7-15(9-12)21-11-13(2)17-16(20)18-8-4-6-14(18)10-19/h3,5,7,9,13-14,19H,4,6,8,10-11H2,1-2H3,(H,17,20). The van der Waals surface area contributed by atoms with E-state index in [1.165, 1.54) is 0 Å². The molecular formula is C16H24N2O3. The molecule has 2 unspecified atom stereocenters. The summed E-state index contributed by atoms with van der Waals surface area (Å²) in [7, 11) is 0. The molecule has 5 nitrogen and oxygen atoms in total. The summed E-state index contributed by atoms with van der Waals surface area (Å²) in [5.74, 6) is 0.811. The van der Waals surface area contributed by atoms with Crippen LogP contribution < -0.4 is 10.1 Å². The van der Waals surface area contributed by atoms with Gasteiger partial charge < -0.3 is 20.1 Å². The van der Waals surface area contributed by atoms with Crippen LogP contribution in [0.1, 0.15) is 25.3 Å². The summed E-state index contributed by atoms with van der Waals surface area (Å²) in [5.41, 5.74) is 1.15. The molecule has 0 aliphatic carbocycles. The van der Waals surface area contributed by atoms with Crippen LogP contribution in [0.15, 0.2) is 24.3 Å². The summed E-state index contributed by atoms with van der Waals surface area (Å²) in [6.45, 7) is 5.09. The van der Waals surface area contributed by atoms with Gasteiger partial charge in [0.25, 0.3) is 0 Å². The molecule has 1 heterocycles. The fraction of sp³-hybridized carbons (Fsp3) is 0.562. The van der Waals surface area contributed by atoms with Crippen LogP contribution in [-0.4, -0.2) is 47.9 Å². The summed E-state index contributed by atoms with van der Waals surface area (Å²) in [6.07, 6.45) is 1.82. The Kier molecular flexibility index (Phi) is 5.44. The van der Waals surface area contributed by atoms with Gasteiger partial charge in [0.1, 0.15) is 12.4 Å². The number of hydrogen-bond donors (Lipinski definition) is 2. The minimum atomic E-state index is -0.119. The number of urea groups is 1. The lowest BCUT2D eigenvalue weighted by Crippen LogP contribution is -2.48. The van der Waals surface area contributed by atoms with E-state index in [0.717, 1.165) is 24.2 Å². The molecule has 2 amide bonds. The smallest absolute Gasteiger partial charge is 0.318 e. The van der Waals surface area contributed by atoms with Gasteiger partial charge in [0.15, 0.2) is 0 Å². The largest absolute Gasteiger partial charge is 0.491 e. The van der Waals surface area contributed by atoms with Gasteiger partial charge in [-0.2, -0.15) is 0 Å². The minimum absolute atomic E-state index is 0.0294. The predicted molar refractivity (Wildman–Crippen MR) is 81.5 cm³/mol. The number of likely N-dealkylation sites (tertiary alicyclic amines) is 1. The molecule has 2 rings (SSSR count). The number of aryl methyl sites for hydroxylation is 1. The van der Waals surface area contributed by atoms with Crippen LogP contribution in [0.3, 0.4) is 0 Å². The summed E-state index contributed by atoms with van der Waals surface area (Å²) in [6, 6.07) is 7.59. The van der Waals surface area contributed by atoms with Crippen LogP contribution in [0.5, 0.6) is 5.75 Å². The van der Waals surface area contributed by atoms with Crippen LogP contribution in [0, 0.1) is 6.92 Å². The van der Waals surface area contributed by atoms with Gasteiger partial charge in [-0.1, -0.05) is 12.1 Å². The second-order valence-electron chi connectivity index (χ2n) is 5.65. The molecule has 1 fully saturated rings. The van der Waals surface area contributed by atoms with E-state index < -0.39 is 0 Å². The molecule has 5 heteroatoms. The Balaban J connectivity index is 1.79. The zero-order valence-corrected chi connectivity index (χ0v) is 12.7. The van der Waals surface area contributed by atoms with Crippen molar-refractivity contribution in [1.82, 2.24) is 10.2 Å². The Morgan fingerprint density at radius 1 is 1.57 bits per heavy atom. The molecule has 1 saturated heterocycles. The van der Waals surface area contributed by atoms with Gasteiger partial charge in [0, 0.05) is 6.54 Å². The van der Waals surface area contributed by atoms with Crippen molar-refractivity contribution in [2.24, 2.45) is 0 Å². The SMILES string of the molecule is Cc1cccc(OCC(C)NC(=O)N2CCCC2CO)c1. The van der Waals surface area contributed by atoms with Crippen molar-refractivity contribution in [2.45, 2.75) is 38.8 Å². The molecule has 0 spiro atoms. The lowest BCUT2D eigenvalue weighted by Gasteiger charge is -2.25. The number of ether oxygens (including phenoxy) is 1. The summed E-state index contributed by atoms with van der Waals surface area (Å²) >= 11 is 0. The lowest BCUT2D eigenvalue weighted by molar-refractivity contribution is 0.152. The van der Waals surface area contributed by atoms with Crippen molar-refractivity contribution in [3.05, 3.63) is 29.8 Å². The van der Waals surface area contributed by atoms with Crippen LogP contribution >= 0.6 is 0 Å². The van der Waals surface area contributed by atoms with E-state index in [9.17, 15) is 9.90 Å². The minimum Gasteiger partial charge on any atom is -0.491 e. The highest BCUT2D eigenvalue weighted by Crippen LogP contribution is 2.17. The average molecular weight is 292 g/mol. The fourth-order valence-electron chi connectivity index (χ4n) is 2.55. The molecule has 1 aromatic rings. The van der Waals surface area contributed by atoms with Crippen molar-refractivity contribution in [3.63, 3.8) is 0 Å². The first-order chi connectivity index (χ1) is 10.1. The van der Waals surface area contributed by atoms with E-state index in [0.29, 0.717) is 13.2 Å². The maximum Gasteiger partial charge on any atom is 0.318 e. The Morgan fingerprint density at radius 2 is 2.38 bits per heavy atom. The van der Waals surface area contributed by atoms with E-state index in [4.69, 9.17) is 4.74 Å². The van der Waals surface area contributed by atoms with Gasteiger partial charge in [0.2, 0.25) is 0 Å². The van der Waals surface area contributed by atoms with Crippen LogP contribution in [0.4, 0.5) is 4.79 Å². The Labute approximate surface area is 125 Å². The monoisotopic (exact) mass is 292 g/mol. The average Bonchev–Trinajstić information content (AvgIpc) is 2.94. The maximum atomic E-state index is 12.1. The Bertz CT molecular complexity index is 478. The highest BCUT2D eigenvalue weighted by Gasteiger charge is 2.28. The number of carbonyl (C=O) groups is 1. The molecule has 0 aromatic heterocycles. The number of hydrogen-bond acceptors (Lipinski definition) is 3. The fourth-order valence-corrected chi connectivity index (χ4v) is 2.55. The van der Waals surface area contributed by atoms with E-state index in [-0.39, 0.29) is 24.7 Å². The summed E-state index contributed by atoms with van der Waals surface area (Å²) < 4.78 is 5.68. The Morgan fingerprint density at radius 3 is 3.10 bits per heavy atom. The van der Waals surface area contributed by atoms with Gasteiger partial charge in [-0.3, -0.25) is 0 Å². The normalized spacial score (nSPS) is 19.4. The molecule has 2 N–H and O–H groups in total. The number of benzene rings is 1. The summed E-state index contributed by atoms with van der Waals surface area (Å²) in [4.78, 5) is 13.9. The number of amides is 2. The molecule has 0 radical (unpaired) electrons. The molecule has 0 bridgehead atoms. The van der Waals surface area contributed by atoms with Gasteiger partial charge >= 0.3 is 6.03 Å². The first-order valence-corrected chi connectivity index (χ1v) is 7.47. The van der Waals surface area contributed by atoms with Crippen LogP contribution in [0.2, 0.25) is 0 Å². The van der Waals surface area contributed by atoms with E-state index in [1.54, 1.807) is 4.90 Å². The third-order valence-corrected chi connectivity index (χ3v) is 3.71. The molecule has 1 aromatic carbocycles. The number of rotatable bonds is 5. The molecule has 2 atom stereocenters. The molecule has 1 aliphatic rings. The number of carbonyl (C=O) groups excluding carboxylic acids is 1. The second kappa shape index (κ2) is 7.31. The predicted octanol–water partition coefficient (Wildman–Crippen LogP) is 1.93. The van der Waals surface area contributed by atoms with Gasteiger partial charge in [0.05, 0.1) is 18.7 Å². The van der Waals surface area contributed by atoms with Crippen molar-refractivity contribution < 1.29 is 14.6 Å². The van der Waals surface area contributed by atoms with E-state index in [2.05, 4.69) is 5.32 Å². The van der Waals surface area contributed by atoms with E-state index >= 15 is 0 Å². The highest BCUT2D eigenvalue weighted by molar-refractivity contribution is 5.75. The molecule has 116 valence electrons.